The van der Waals surface area contributed by atoms with E-state index in [1.807, 2.05) is 25.1 Å². The molecule has 1 aromatic carbocycles. The number of ether oxygens (including phenoxy) is 2. The third-order valence-corrected chi connectivity index (χ3v) is 2.38. The van der Waals surface area contributed by atoms with Crippen molar-refractivity contribution in [2.75, 3.05) is 26.9 Å². The Morgan fingerprint density at radius 1 is 1.50 bits per heavy atom. The van der Waals surface area contributed by atoms with Gasteiger partial charge >= 0.3 is 0 Å². The lowest BCUT2D eigenvalue weighted by Gasteiger charge is -2.10. The van der Waals surface area contributed by atoms with Crippen LogP contribution in [0.5, 0.6) is 5.75 Å². The van der Waals surface area contributed by atoms with Crippen LogP contribution in [0.25, 0.3) is 0 Å². The largest absolute Gasteiger partial charge is 0.484 e. The second kappa shape index (κ2) is 7.68. The molecule has 0 saturated heterocycles. The van der Waals surface area contributed by atoms with E-state index < -0.39 is 0 Å². The molecule has 0 heterocycles. The maximum atomic E-state index is 11.4. The quantitative estimate of drug-likeness (QED) is 0.705. The summed E-state index contributed by atoms with van der Waals surface area (Å²) in [5, 5.41) is 2.68. The third-order valence-electron chi connectivity index (χ3n) is 2.38. The first kappa shape index (κ1) is 14.5. The molecule has 0 fully saturated rings. The molecule has 18 heavy (non-hydrogen) atoms. The van der Waals surface area contributed by atoms with E-state index in [2.05, 4.69) is 5.32 Å². The molecule has 1 atom stereocenters. The summed E-state index contributed by atoms with van der Waals surface area (Å²) in [6.07, 6.45) is 0. The average Bonchev–Trinajstić information content (AvgIpc) is 2.37. The van der Waals surface area contributed by atoms with Crippen LogP contribution in [0.1, 0.15) is 18.5 Å². The van der Waals surface area contributed by atoms with Gasteiger partial charge in [0.25, 0.3) is 5.91 Å². The van der Waals surface area contributed by atoms with Gasteiger partial charge in [0.2, 0.25) is 0 Å². The van der Waals surface area contributed by atoms with Gasteiger partial charge in [0, 0.05) is 19.7 Å². The molecule has 5 heteroatoms. The fourth-order valence-electron chi connectivity index (χ4n) is 1.38. The van der Waals surface area contributed by atoms with Crippen molar-refractivity contribution in [2.24, 2.45) is 5.73 Å². The van der Waals surface area contributed by atoms with Crippen LogP contribution in [0.3, 0.4) is 0 Å². The van der Waals surface area contributed by atoms with Crippen molar-refractivity contribution in [3.8, 4) is 5.75 Å². The first-order valence-electron chi connectivity index (χ1n) is 5.87. The van der Waals surface area contributed by atoms with Gasteiger partial charge in [-0.05, 0) is 24.6 Å². The minimum atomic E-state index is -0.168. The molecule has 0 aliphatic heterocycles. The Labute approximate surface area is 107 Å². The molecule has 0 radical (unpaired) electrons. The van der Waals surface area contributed by atoms with Gasteiger partial charge in [-0.25, -0.2) is 0 Å². The van der Waals surface area contributed by atoms with Crippen molar-refractivity contribution in [1.29, 1.82) is 0 Å². The molecule has 0 aromatic heterocycles. The summed E-state index contributed by atoms with van der Waals surface area (Å²) in [4.78, 5) is 11.4. The Bertz CT molecular complexity index is 380. The number of hydrogen-bond acceptors (Lipinski definition) is 4. The standard InChI is InChI=1S/C13H20N2O3/c1-10(14)11-4-3-5-12(8-11)18-9-13(16)15-6-7-17-2/h3-5,8,10H,6-7,9,14H2,1-2H3,(H,15,16). The number of nitrogens with one attached hydrogen (secondary N) is 1. The molecule has 0 saturated carbocycles. The second-order valence-electron chi connectivity index (χ2n) is 3.99. The Kier molecular flexibility index (Phi) is 6.18. The Hall–Kier alpha value is -1.59. The molecular weight excluding hydrogens is 232 g/mol. The SMILES string of the molecule is COCCNC(=O)COc1cccc(C(C)N)c1. The van der Waals surface area contributed by atoms with Crippen molar-refractivity contribution >= 4 is 5.91 Å². The zero-order valence-corrected chi connectivity index (χ0v) is 10.8. The maximum Gasteiger partial charge on any atom is 0.258 e. The number of benzene rings is 1. The van der Waals surface area contributed by atoms with Gasteiger partial charge in [-0.3, -0.25) is 4.79 Å². The molecule has 0 spiro atoms. The molecule has 1 aromatic rings. The number of carbonyl (C=O) groups is 1. The summed E-state index contributed by atoms with van der Waals surface area (Å²) in [7, 11) is 1.59. The van der Waals surface area contributed by atoms with Gasteiger partial charge in [0.1, 0.15) is 5.75 Å². The summed E-state index contributed by atoms with van der Waals surface area (Å²) >= 11 is 0. The van der Waals surface area contributed by atoms with Crippen LogP contribution in [-0.2, 0) is 9.53 Å². The van der Waals surface area contributed by atoms with Crippen molar-refractivity contribution in [3.63, 3.8) is 0 Å². The predicted octanol–water partition coefficient (Wildman–Crippen LogP) is 0.848. The molecule has 100 valence electrons. The molecule has 0 bridgehead atoms. The van der Waals surface area contributed by atoms with Gasteiger partial charge in [0.15, 0.2) is 6.61 Å². The van der Waals surface area contributed by atoms with Crippen molar-refractivity contribution in [3.05, 3.63) is 29.8 Å². The van der Waals surface area contributed by atoms with E-state index in [0.717, 1.165) is 5.56 Å². The van der Waals surface area contributed by atoms with Crippen LogP contribution >= 0.6 is 0 Å². The van der Waals surface area contributed by atoms with Crippen LogP contribution in [0.15, 0.2) is 24.3 Å². The number of methoxy groups -OCH3 is 1. The molecule has 0 aliphatic rings. The van der Waals surface area contributed by atoms with Crippen molar-refractivity contribution in [1.82, 2.24) is 5.32 Å². The van der Waals surface area contributed by atoms with E-state index in [-0.39, 0.29) is 18.6 Å². The number of nitrogens with two attached hydrogens (primary N) is 1. The van der Waals surface area contributed by atoms with E-state index in [0.29, 0.717) is 18.9 Å². The minimum Gasteiger partial charge on any atom is -0.484 e. The van der Waals surface area contributed by atoms with Crippen LogP contribution in [0.4, 0.5) is 0 Å². The minimum absolute atomic E-state index is 0.00782. The maximum absolute atomic E-state index is 11.4. The summed E-state index contributed by atoms with van der Waals surface area (Å²) < 4.78 is 10.2. The fourth-order valence-corrected chi connectivity index (χ4v) is 1.38. The van der Waals surface area contributed by atoms with Crippen molar-refractivity contribution < 1.29 is 14.3 Å². The molecule has 1 amide bonds. The number of rotatable bonds is 7. The fraction of sp³-hybridized carbons (Fsp3) is 0.462. The van der Waals surface area contributed by atoms with Gasteiger partial charge in [0.05, 0.1) is 6.61 Å². The third kappa shape index (κ3) is 5.16. The van der Waals surface area contributed by atoms with E-state index in [1.165, 1.54) is 0 Å². The monoisotopic (exact) mass is 252 g/mol. The zero-order chi connectivity index (χ0) is 13.4. The Morgan fingerprint density at radius 2 is 2.28 bits per heavy atom. The zero-order valence-electron chi connectivity index (χ0n) is 10.8. The molecular formula is C13H20N2O3. The van der Waals surface area contributed by atoms with Crippen molar-refractivity contribution in [2.45, 2.75) is 13.0 Å². The van der Waals surface area contributed by atoms with E-state index in [4.69, 9.17) is 15.2 Å². The first-order valence-corrected chi connectivity index (χ1v) is 5.87. The number of hydrogen-bond donors (Lipinski definition) is 2. The number of carbonyl (C=O) groups excluding carboxylic acids is 1. The van der Waals surface area contributed by atoms with E-state index in [9.17, 15) is 4.79 Å². The summed E-state index contributed by atoms with van der Waals surface area (Å²) in [6.45, 7) is 2.87. The molecule has 5 nitrogen and oxygen atoms in total. The average molecular weight is 252 g/mol. The van der Waals surface area contributed by atoms with Gasteiger partial charge < -0.3 is 20.5 Å². The highest BCUT2D eigenvalue weighted by Gasteiger charge is 2.04. The van der Waals surface area contributed by atoms with Crippen LogP contribution in [-0.4, -0.2) is 32.8 Å². The van der Waals surface area contributed by atoms with Crippen LogP contribution in [0, 0.1) is 0 Å². The second-order valence-corrected chi connectivity index (χ2v) is 3.99. The van der Waals surface area contributed by atoms with Crippen LogP contribution in [0.2, 0.25) is 0 Å². The van der Waals surface area contributed by atoms with Gasteiger partial charge in [-0.1, -0.05) is 12.1 Å². The van der Waals surface area contributed by atoms with Crippen LogP contribution < -0.4 is 15.8 Å². The number of amides is 1. The molecule has 0 aliphatic carbocycles. The topological polar surface area (TPSA) is 73.6 Å². The molecule has 1 unspecified atom stereocenters. The Balaban J connectivity index is 2.38. The van der Waals surface area contributed by atoms with Gasteiger partial charge in [-0.2, -0.15) is 0 Å². The lowest BCUT2D eigenvalue weighted by molar-refractivity contribution is -0.123. The van der Waals surface area contributed by atoms with E-state index in [1.54, 1.807) is 13.2 Å². The smallest absolute Gasteiger partial charge is 0.258 e. The Morgan fingerprint density at radius 3 is 2.94 bits per heavy atom. The highest BCUT2D eigenvalue weighted by molar-refractivity contribution is 5.77. The first-order chi connectivity index (χ1) is 8.63. The lowest BCUT2D eigenvalue weighted by atomic mass is 10.1. The highest BCUT2D eigenvalue weighted by Crippen LogP contribution is 2.17. The summed E-state index contributed by atoms with van der Waals surface area (Å²) in [6, 6.07) is 7.37. The normalized spacial score (nSPS) is 11.9. The highest BCUT2D eigenvalue weighted by atomic mass is 16.5. The lowest BCUT2D eigenvalue weighted by Crippen LogP contribution is -2.31. The van der Waals surface area contributed by atoms with E-state index >= 15 is 0 Å². The summed E-state index contributed by atoms with van der Waals surface area (Å²) in [5.74, 6) is 0.477. The van der Waals surface area contributed by atoms with Gasteiger partial charge in [-0.15, -0.1) is 0 Å². The molecule has 3 N–H and O–H groups in total. The summed E-state index contributed by atoms with van der Waals surface area (Å²) in [5.41, 5.74) is 6.75. The predicted molar refractivity (Wildman–Crippen MR) is 69.4 cm³/mol. The molecule has 1 rings (SSSR count).